The SMILES string of the molecule is CCN1C(=O)C(=Cc2ccc(-c3ccccc3Cl)o2)NC1=S. The topological polar surface area (TPSA) is 45.5 Å². The zero-order valence-electron chi connectivity index (χ0n) is 11.8. The van der Waals surface area contributed by atoms with Crippen LogP contribution in [0.25, 0.3) is 17.4 Å². The number of thiocarbonyl (C=S) groups is 1. The summed E-state index contributed by atoms with van der Waals surface area (Å²) in [6, 6.07) is 11.0. The monoisotopic (exact) mass is 332 g/mol. The molecule has 1 amide bonds. The Morgan fingerprint density at radius 2 is 2.09 bits per heavy atom. The van der Waals surface area contributed by atoms with Gasteiger partial charge in [-0.15, -0.1) is 0 Å². The Labute approximate surface area is 138 Å². The second kappa shape index (κ2) is 5.94. The average Bonchev–Trinajstić information content (AvgIpc) is 3.05. The molecule has 0 aliphatic carbocycles. The van der Waals surface area contributed by atoms with Gasteiger partial charge in [0.25, 0.3) is 5.91 Å². The Hall–Kier alpha value is -2.11. The minimum Gasteiger partial charge on any atom is -0.457 e. The first kappa shape index (κ1) is 14.8. The molecule has 2 heterocycles. The van der Waals surface area contributed by atoms with Gasteiger partial charge in [-0.1, -0.05) is 23.7 Å². The zero-order valence-corrected chi connectivity index (χ0v) is 13.4. The van der Waals surface area contributed by atoms with Crippen LogP contribution < -0.4 is 5.32 Å². The Kier molecular flexibility index (Phi) is 4.00. The summed E-state index contributed by atoms with van der Waals surface area (Å²) in [5, 5.41) is 3.93. The molecule has 1 fully saturated rings. The standard InChI is InChI=1S/C16H13ClN2O2S/c1-2-19-15(20)13(18-16(19)22)9-10-7-8-14(21-10)11-5-3-4-6-12(11)17/h3-9H,2H2,1H3,(H,18,22). The fourth-order valence-corrected chi connectivity index (χ4v) is 2.79. The maximum atomic E-state index is 12.1. The fourth-order valence-electron chi connectivity index (χ4n) is 2.24. The molecule has 0 bridgehead atoms. The number of benzene rings is 1. The molecular formula is C16H13ClN2O2S. The minimum atomic E-state index is -0.150. The molecule has 0 atom stereocenters. The summed E-state index contributed by atoms with van der Waals surface area (Å²) in [4.78, 5) is 13.6. The van der Waals surface area contributed by atoms with E-state index < -0.39 is 0 Å². The van der Waals surface area contributed by atoms with Crippen molar-refractivity contribution in [3.63, 3.8) is 0 Å². The first-order valence-corrected chi connectivity index (χ1v) is 7.58. The molecule has 3 rings (SSSR count). The van der Waals surface area contributed by atoms with E-state index in [2.05, 4.69) is 5.32 Å². The van der Waals surface area contributed by atoms with Gasteiger partial charge in [0.1, 0.15) is 17.2 Å². The number of hydrogen-bond donors (Lipinski definition) is 1. The van der Waals surface area contributed by atoms with Gasteiger partial charge < -0.3 is 9.73 Å². The largest absolute Gasteiger partial charge is 0.457 e. The zero-order chi connectivity index (χ0) is 15.7. The molecule has 0 unspecified atom stereocenters. The number of carbonyl (C=O) groups is 1. The number of likely N-dealkylation sites (N-methyl/N-ethyl adjacent to an activating group) is 1. The van der Waals surface area contributed by atoms with Crippen LogP contribution >= 0.6 is 23.8 Å². The molecule has 4 nitrogen and oxygen atoms in total. The van der Waals surface area contributed by atoms with Gasteiger partial charge in [0.2, 0.25) is 0 Å². The average molecular weight is 333 g/mol. The van der Waals surface area contributed by atoms with Gasteiger partial charge >= 0.3 is 0 Å². The molecule has 1 aromatic heterocycles. The van der Waals surface area contributed by atoms with E-state index in [0.717, 1.165) is 5.56 Å². The van der Waals surface area contributed by atoms with Crippen LogP contribution in [0.3, 0.4) is 0 Å². The summed E-state index contributed by atoms with van der Waals surface area (Å²) in [6.07, 6.45) is 1.64. The number of halogens is 1. The predicted molar refractivity (Wildman–Crippen MR) is 90.3 cm³/mol. The highest BCUT2D eigenvalue weighted by atomic mass is 35.5. The lowest BCUT2D eigenvalue weighted by Gasteiger charge is -2.08. The molecule has 6 heteroatoms. The predicted octanol–water partition coefficient (Wildman–Crippen LogP) is 3.68. The first-order valence-electron chi connectivity index (χ1n) is 6.79. The van der Waals surface area contributed by atoms with Gasteiger partial charge in [-0.05, 0) is 43.4 Å². The van der Waals surface area contributed by atoms with Crippen molar-refractivity contribution < 1.29 is 9.21 Å². The molecule has 2 aromatic rings. The summed E-state index contributed by atoms with van der Waals surface area (Å²) >= 11 is 11.3. The third kappa shape index (κ3) is 2.65. The van der Waals surface area contributed by atoms with Crippen molar-refractivity contribution in [2.75, 3.05) is 6.54 Å². The number of rotatable bonds is 3. The molecule has 0 saturated carbocycles. The smallest absolute Gasteiger partial charge is 0.276 e. The van der Waals surface area contributed by atoms with Crippen LogP contribution in [-0.2, 0) is 4.79 Å². The lowest BCUT2D eigenvalue weighted by molar-refractivity contribution is -0.122. The molecule has 112 valence electrons. The van der Waals surface area contributed by atoms with Gasteiger partial charge in [-0.2, -0.15) is 0 Å². The van der Waals surface area contributed by atoms with Crippen LogP contribution in [0.5, 0.6) is 0 Å². The third-order valence-electron chi connectivity index (χ3n) is 3.33. The van der Waals surface area contributed by atoms with Crippen molar-refractivity contribution in [3.8, 4) is 11.3 Å². The highest BCUT2D eigenvalue weighted by Gasteiger charge is 2.29. The van der Waals surface area contributed by atoms with Crippen LogP contribution in [0.1, 0.15) is 12.7 Å². The van der Waals surface area contributed by atoms with Crippen molar-refractivity contribution in [1.29, 1.82) is 0 Å². The fraction of sp³-hybridized carbons (Fsp3) is 0.125. The molecule has 1 aromatic carbocycles. The summed E-state index contributed by atoms with van der Waals surface area (Å²) < 4.78 is 5.75. The number of nitrogens with zero attached hydrogens (tertiary/aromatic N) is 1. The van der Waals surface area contributed by atoms with Crippen LogP contribution in [0.15, 0.2) is 46.5 Å². The molecule has 1 N–H and O–H groups in total. The van der Waals surface area contributed by atoms with E-state index in [0.29, 0.717) is 33.9 Å². The van der Waals surface area contributed by atoms with E-state index in [1.54, 1.807) is 18.2 Å². The Bertz CT molecular complexity index is 782. The molecule has 1 aliphatic rings. The molecule has 22 heavy (non-hydrogen) atoms. The second-order valence-electron chi connectivity index (χ2n) is 4.72. The third-order valence-corrected chi connectivity index (χ3v) is 3.98. The maximum Gasteiger partial charge on any atom is 0.276 e. The van der Waals surface area contributed by atoms with E-state index in [-0.39, 0.29) is 5.91 Å². The van der Waals surface area contributed by atoms with Crippen LogP contribution in [-0.4, -0.2) is 22.5 Å². The molecule has 0 spiro atoms. The Balaban J connectivity index is 1.90. The van der Waals surface area contributed by atoms with Gasteiger partial charge in [-0.3, -0.25) is 9.69 Å². The Morgan fingerprint density at radius 1 is 1.32 bits per heavy atom. The Morgan fingerprint density at radius 3 is 2.77 bits per heavy atom. The summed E-state index contributed by atoms with van der Waals surface area (Å²) in [5.41, 5.74) is 1.22. The van der Waals surface area contributed by atoms with Crippen molar-refractivity contribution in [3.05, 3.63) is 52.9 Å². The van der Waals surface area contributed by atoms with E-state index in [1.807, 2.05) is 31.2 Å². The van der Waals surface area contributed by atoms with Gasteiger partial charge in [0, 0.05) is 18.2 Å². The molecule has 1 saturated heterocycles. The van der Waals surface area contributed by atoms with Gasteiger partial charge in [0.15, 0.2) is 5.11 Å². The van der Waals surface area contributed by atoms with Crippen molar-refractivity contribution in [1.82, 2.24) is 10.2 Å². The van der Waals surface area contributed by atoms with Crippen molar-refractivity contribution >= 4 is 40.9 Å². The van der Waals surface area contributed by atoms with E-state index in [1.165, 1.54) is 4.90 Å². The number of amides is 1. The van der Waals surface area contributed by atoms with E-state index in [9.17, 15) is 4.79 Å². The van der Waals surface area contributed by atoms with Crippen LogP contribution in [0.4, 0.5) is 0 Å². The maximum absolute atomic E-state index is 12.1. The first-order chi connectivity index (χ1) is 10.6. The second-order valence-corrected chi connectivity index (χ2v) is 5.51. The number of hydrogen-bond acceptors (Lipinski definition) is 3. The highest BCUT2D eigenvalue weighted by molar-refractivity contribution is 7.80. The molecular weight excluding hydrogens is 320 g/mol. The molecule has 0 radical (unpaired) electrons. The lowest BCUT2D eigenvalue weighted by atomic mass is 10.2. The number of nitrogens with one attached hydrogen (secondary N) is 1. The van der Waals surface area contributed by atoms with E-state index >= 15 is 0 Å². The van der Waals surface area contributed by atoms with Crippen molar-refractivity contribution in [2.24, 2.45) is 0 Å². The minimum absolute atomic E-state index is 0.150. The quantitative estimate of drug-likeness (QED) is 0.688. The van der Waals surface area contributed by atoms with E-state index in [4.69, 9.17) is 28.2 Å². The summed E-state index contributed by atoms with van der Waals surface area (Å²) in [5.74, 6) is 1.06. The molecule has 1 aliphatic heterocycles. The summed E-state index contributed by atoms with van der Waals surface area (Å²) in [7, 11) is 0. The van der Waals surface area contributed by atoms with Crippen molar-refractivity contribution in [2.45, 2.75) is 6.92 Å². The normalized spacial score (nSPS) is 16.5. The number of carbonyl (C=O) groups excluding carboxylic acids is 1. The van der Waals surface area contributed by atoms with Gasteiger partial charge in [-0.25, -0.2) is 0 Å². The van der Waals surface area contributed by atoms with Crippen LogP contribution in [0, 0.1) is 0 Å². The van der Waals surface area contributed by atoms with Gasteiger partial charge in [0.05, 0.1) is 5.02 Å². The lowest BCUT2D eigenvalue weighted by Crippen LogP contribution is -2.30. The van der Waals surface area contributed by atoms with Crippen LogP contribution in [0.2, 0.25) is 5.02 Å². The number of furan rings is 1. The highest BCUT2D eigenvalue weighted by Crippen LogP contribution is 2.29. The summed E-state index contributed by atoms with van der Waals surface area (Å²) in [6.45, 7) is 2.41.